The van der Waals surface area contributed by atoms with Crippen molar-refractivity contribution >= 4 is 41.4 Å². The summed E-state index contributed by atoms with van der Waals surface area (Å²) >= 11 is 0. The van der Waals surface area contributed by atoms with Crippen LogP contribution in [-0.2, 0) is 4.74 Å². The number of likely N-dealkylation sites (N-methyl/N-ethyl adjacent to an activating group) is 1. The summed E-state index contributed by atoms with van der Waals surface area (Å²) in [5, 5.41) is 12.4. The summed E-state index contributed by atoms with van der Waals surface area (Å²) in [6, 6.07) is 5.81. The van der Waals surface area contributed by atoms with Crippen LogP contribution >= 0.6 is 0 Å². The van der Waals surface area contributed by atoms with Gasteiger partial charge in [-0.2, -0.15) is 9.97 Å². The Balaban J connectivity index is 1.36. The van der Waals surface area contributed by atoms with E-state index in [1.807, 2.05) is 11.9 Å². The second-order valence-corrected chi connectivity index (χ2v) is 22.9. The lowest BCUT2D eigenvalue weighted by molar-refractivity contribution is 0.107. The molecule has 0 bridgehead atoms. The number of hydrogen-bond acceptors (Lipinski definition) is 9. The molecule has 4 aliphatic heterocycles. The molecule has 8 rings (SSSR count). The Bertz CT molecular complexity index is 2220. The van der Waals surface area contributed by atoms with Gasteiger partial charge in [-0.1, -0.05) is 53.5 Å². The van der Waals surface area contributed by atoms with Crippen molar-refractivity contribution in [2.45, 2.75) is 102 Å². The molecule has 3 atom stereocenters. The monoisotopic (exact) mass is 786 g/mol. The molecule has 2 aromatic carbocycles. The third-order valence-corrected chi connectivity index (χ3v) is 19.4. The highest BCUT2D eigenvalue weighted by atomic mass is 28.3. The van der Waals surface area contributed by atoms with Gasteiger partial charge in [-0.25, -0.2) is 18.2 Å². The minimum absolute atomic E-state index is 0.00206. The number of rotatable bonds is 7. The molecular formula is C43H53F3N6O3Si. The van der Waals surface area contributed by atoms with Crippen molar-refractivity contribution < 1.29 is 27.8 Å². The molecule has 2 aromatic heterocycles. The van der Waals surface area contributed by atoms with E-state index < -0.39 is 31.4 Å². The predicted molar refractivity (Wildman–Crippen MR) is 218 cm³/mol. The van der Waals surface area contributed by atoms with E-state index in [4.69, 9.17) is 24.4 Å². The molecule has 1 N–H and O–H groups in total. The van der Waals surface area contributed by atoms with E-state index in [9.17, 15) is 9.50 Å². The number of benzene rings is 2. The van der Waals surface area contributed by atoms with Crippen molar-refractivity contribution in [3.05, 3.63) is 41.5 Å². The molecule has 6 heterocycles. The Hall–Kier alpha value is -4.12. The summed E-state index contributed by atoms with van der Waals surface area (Å²) in [7, 11) is -0.401. The number of phenols is 1. The van der Waals surface area contributed by atoms with Crippen LogP contribution < -0.4 is 14.5 Å². The van der Waals surface area contributed by atoms with Crippen LogP contribution in [0.1, 0.15) is 72.8 Å². The number of hydrogen-bond donors (Lipinski definition) is 1. The second kappa shape index (κ2) is 14.7. The number of fused-ring (bicyclic) bond motifs is 4. The molecule has 56 heavy (non-hydrogen) atoms. The van der Waals surface area contributed by atoms with Crippen LogP contribution in [0.25, 0.3) is 32.9 Å². The Kier molecular flexibility index (Phi) is 10.1. The van der Waals surface area contributed by atoms with Crippen LogP contribution in [0, 0.1) is 23.1 Å². The Morgan fingerprint density at radius 2 is 1.75 bits per heavy atom. The number of aromatic hydroxyl groups is 1. The van der Waals surface area contributed by atoms with Gasteiger partial charge in [-0.05, 0) is 66.0 Å². The lowest BCUT2D eigenvalue weighted by Crippen LogP contribution is -2.44. The molecule has 0 saturated carbocycles. The lowest BCUT2D eigenvalue weighted by Gasteiger charge is -2.38. The highest BCUT2D eigenvalue weighted by molar-refractivity contribution is 6.90. The molecule has 0 spiro atoms. The molecular weight excluding hydrogens is 734 g/mol. The number of halogens is 3. The maximum Gasteiger partial charge on any atom is 0.319 e. The Morgan fingerprint density at radius 3 is 2.50 bits per heavy atom. The van der Waals surface area contributed by atoms with Crippen molar-refractivity contribution in [2.24, 2.45) is 0 Å². The molecule has 0 unspecified atom stereocenters. The number of nitrogens with zero attached hydrogens (tertiary/aromatic N) is 6. The van der Waals surface area contributed by atoms with Crippen molar-refractivity contribution in [3.8, 4) is 34.5 Å². The summed E-state index contributed by atoms with van der Waals surface area (Å²) in [5.41, 5.74) is 4.41. The van der Waals surface area contributed by atoms with Crippen LogP contribution in [0.4, 0.5) is 24.8 Å². The van der Waals surface area contributed by atoms with Crippen molar-refractivity contribution in [1.29, 1.82) is 0 Å². The van der Waals surface area contributed by atoms with Crippen LogP contribution in [0.3, 0.4) is 0 Å². The lowest BCUT2D eigenvalue weighted by atomic mass is 9.95. The third kappa shape index (κ3) is 6.36. The van der Waals surface area contributed by atoms with Crippen LogP contribution in [0.2, 0.25) is 16.6 Å². The van der Waals surface area contributed by atoms with E-state index in [1.165, 1.54) is 12.1 Å². The van der Waals surface area contributed by atoms with Gasteiger partial charge in [0.2, 0.25) is 0 Å². The molecule has 3 fully saturated rings. The van der Waals surface area contributed by atoms with E-state index in [1.54, 1.807) is 12.1 Å². The Labute approximate surface area is 328 Å². The van der Waals surface area contributed by atoms with Crippen molar-refractivity contribution in [3.63, 3.8) is 0 Å². The summed E-state index contributed by atoms with van der Waals surface area (Å²) in [5.74, 6) is 2.88. The van der Waals surface area contributed by atoms with E-state index >= 15 is 8.78 Å². The SMILES string of the molecule is CC(C)[Si](C#Cc1c(F)ccc2cc(O)cc(-c3nc4c5c(nc(OC[C@@]67CCCN6C[C@H](F)C7)nc5c3F)N3CCCOC[C@H]3CN4C)c12)(C(C)C)C(C)C. The van der Waals surface area contributed by atoms with Gasteiger partial charge >= 0.3 is 6.01 Å². The summed E-state index contributed by atoms with van der Waals surface area (Å²) < 4.78 is 61.0. The zero-order valence-electron chi connectivity index (χ0n) is 33.6. The molecule has 4 aromatic rings. The number of aromatic nitrogens is 3. The van der Waals surface area contributed by atoms with Gasteiger partial charge in [0.15, 0.2) is 5.82 Å². The summed E-state index contributed by atoms with van der Waals surface area (Å²) in [6.07, 6.45) is 1.95. The standard InChI is InChI=1S/C43H53F3N6O3Si/c1-25(2)56(26(3)4,27(5)6)17-12-32-34(45)11-10-28-18-31(53)19-33(35(28)32)38-37(46)39-36-40(47-38)50(7)22-30-23-54-16-9-15-52(30)41(36)49-42(48-39)55-24-43-13-8-14-51(43)21-29(44)20-43/h10-11,18-19,25-27,29-30,53H,8-9,13-16,20-24H2,1-7H3/t29-,30-,43+/m1/s1. The molecule has 3 saturated heterocycles. The zero-order valence-corrected chi connectivity index (χ0v) is 34.6. The molecule has 9 nitrogen and oxygen atoms in total. The largest absolute Gasteiger partial charge is 0.508 e. The first-order valence-electron chi connectivity index (χ1n) is 20.2. The third-order valence-electron chi connectivity index (χ3n) is 13.1. The van der Waals surface area contributed by atoms with Crippen LogP contribution in [0.15, 0.2) is 24.3 Å². The predicted octanol–water partition coefficient (Wildman–Crippen LogP) is 8.40. The Morgan fingerprint density at radius 1 is 0.982 bits per heavy atom. The fraction of sp³-hybridized carbons (Fsp3) is 0.558. The fourth-order valence-corrected chi connectivity index (χ4v) is 15.7. The van der Waals surface area contributed by atoms with Crippen LogP contribution in [-0.4, -0.2) is 104 Å². The highest BCUT2D eigenvalue weighted by Gasteiger charge is 2.49. The number of alkyl halides is 1. The van der Waals surface area contributed by atoms with Gasteiger partial charge in [0.1, 0.15) is 55.3 Å². The molecule has 0 aliphatic carbocycles. The van der Waals surface area contributed by atoms with Gasteiger partial charge in [-0.15, -0.1) is 5.54 Å². The molecule has 298 valence electrons. The number of pyridine rings is 1. The quantitative estimate of drug-likeness (QED) is 0.147. The molecule has 0 amide bonds. The average Bonchev–Trinajstić information content (AvgIpc) is 3.53. The molecule has 13 heteroatoms. The first-order valence-corrected chi connectivity index (χ1v) is 22.4. The zero-order chi connectivity index (χ0) is 39.7. The van der Waals surface area contributed by atoms with E-state index in [0.29, 0.717) is 83.7 Å². The maximum absolute atomic E-state index is 17.7. The minimum atomic E-state index is -2.30. The smallest absolute Gasteiger partial charge is 0.319 e. The normalized spacial score (nSPS) is 22.8. The minimum Gasteiger partial charge on any atom is -0.508 e. The second-order valence-electron chi connectivity index (χ2n) is 17.3. The van der Waals surface area contributed by atoms with Gasteiger partial charge in [0.05, 0.1) is 29.1 Å². The summed E-state index contributed by atoms with van der Waals surface area (Å²) in [4.78, 5) is 21.0. The van der Waals surface area contributed by atoms with Crippen LogP contribution in [0.5, 0.6) is 11.8 Å². The van der Waals surface area contributed by atoms with Crippen molar-refractivity contribution in [1.82, 2.24) is 19.9 Å². The molecule has 4 aliphatic rings. The number of anilines is 2. The number of ether oxygens (including phenoxy) is 2. The topological polar surface area (TPSA) is 87.1 Å². The van der Waals surface area contributed by atoms with E-state index in [-0.39, 0.29) is 46.7 Å². The average molecular weight is 787 g/mol. The van der Waals surface area contributed by atoms with Gasteiger partial charge < -0.3 is 24.4 Å². The number of phenolic OH excluding ortho intramolecular Hbond substituents is 1. The van der Waals surface area contributed by atoms with E-state index in [2.05, 4.69) is 62.8 Å². The van der Waals surface area contributed by atoms with E-state index in [0.717, 1.165) is 25.8 Å². The first-order chi connectivity index (χ1) is 26.7. The van der Waals surface area contributed by atoms with Gasteiger partial charge in [0.25, 0.3) is 0 Å². The first kappa shape index (κ1) is 38.7. The molecule has 0 radical (unpaired) electrons. The maximum atomic E-state index is 17.7. The summed E-state index contributed by atoms with van der Waals surface area (Å²) in [6.45, 7) is 16.7. The highest BCUT2D eigenvalue weighted by Crippen LogP contribution is 2.46. The van der Waals surface area contributed by atoms with Gasteiger partial charge in [-0.3, -0.25) is 4.90 Å². The van der Waals surface area contributed by atoms with Crippen molar-refractivity contribution in [2.75, 3.05) is 62.8 Å². The van der Waals surface area contributed by atoms with Gasteiger partial charge in [0, 0.05) is 50.7 Å². The fourth-order valence-electron chi connectivity index (χ4n) is 10.5.